The van der Waals surface area contributed by atoms with Gasteiger partial charge in [-0.1, -0.05) is 0 Å². The quantitative estimate of drug-likeness (QED) is 0.579. The molecule has 1 rings (SSSR count). The SMILES string of the molecule is NC[C@@H](O)COC1CCC1. The molecule has 3 N–H and O–H groups in total. The first-order valence-electron chi connectivity index (χ1n) is 3.82. The summed E-state index contributed by atoms with van der Waals surface area (Å²) in [6.45, 7) is 0.702. The van der Waals surface area contributed by atoms with Gasteiger partial charge in [-0.2, -0.15) is 0 Å². The van der Waals surface area contributed by atoms with Crippen molar-refractivity contribution in [2.45, 2.75) is 31.5 Å². The lowest BCUT2D eigenvalue weighted by Gasteiger charge is -2.26. The van der Waals surface area contributed by atoms with Crippen molar-refractivity contribution in [2.24, 2.45) is 5.73 Å². The lowest BCUT2D eigenvalue weighted by atomic mass is 9.96. The maximum atomic E-state index is 8.98. The molecule has 0 saturated heterocycles. The molecule has 1 aliphatic rings. The third-order valence-corrected chi connectivity index (χ3v) is 1.85. The summed E-state index contributed by atoms with van der Waals surface area (Å²) >= 11 is 0. The Bertz CT molecular complexity index is 88.9. The van der Waals surface area contributed by atoms with E-state index in [0.717, 1.165) is 12.8 Å². The van der Waals surface area contributed by atoms with Gasteiger partial charge in [-0.25, -0.2) is 0 Å². The van der Waals surface area contributed by atoms with Gasteiger partial charge in [0.05, 0.1) is 18.8 Å². The molecule has 60 valence electrons. The van der Waals surface area contributed by atoms with Crippen molar-refractivity contribution in [3.8, 4) is 0 Å². The normalized spacial score (nSPS) is 22.2. The molecule has 1 fully saturated rings. The predicted octanol–water partition coefficient (Wildman–Crippen LogP) is -0.125. The number of aliphatic hydroxyl groups excluding tert-OH is 1. The smallest absolute Gasteiger partial charge is 0.0895 e. The zero-order valence-corrected chi connectivity index (χ0v) is 6.12. The van der Waals surface area contributed by atoms with Crippen molar-refractivity contribution >= 4 is 0 Å². The molecular formula is C7H15NO2. The van der Waals surface area contributed by atoms with Gasteiger partial charge >= 0.3 is 0 Å². The van der Waals surface area contributed by atoms with Crippen LogP contribution in [0.4, 0.5) is 0 Å². The molecule has 0 spiro atoms. The molecular weight excluding hydrogens is 130 g/mol. The van der Waals surface area contributed by atoms with Crippen molar-refractivity contribution in [3.63, 3.8) is 0 Å². The Labute approximate surface area is 61.2 Å². The monoisotopic (exact) mass is 145 g/mol. The van der Waals surface area contributed by atoms with Crippen LogP contribution >= 0.6 is 0 Å². The Hall–Kier alpha value is -0.120. The molecule has 0 radical (unpaired) electrons. The second kappa shape index (κ2) is 3.91. The average molecular weight is 145 g/mol. The van der Waals surface area contributed by atoms with Gasteiger partial charge in [0, 0.05) is 6.54 Å². The van der Waals surface area contributed by atoms with Crippen LogP contribution in [0.25, 0.3) is 0 Å². The van der Waals surface area contributed by atoms with Crippen LogP contribution in [0.15, 0.2) is 0 Å². The van der Waals surface area contributed by atoms with Crippen LogP contribution in [0.1, 0.15) is 19.3 Å². The van der Waals surface area contributed by atoms with Crippen LogP contribution in [0, 0.1) is 0 Å². The minimum absolute atomic E-state index is 0.298. The van der Waals surface area contributed by atoms with E-state index in [1.807, 2.05) is 0 Å². The topological polar surface area (TPSA) is 55.5 Å². The standard InChI is InChI=1S/C7H15NO2/c8-4-6(9)5-10-7-2-1-3-7/h6-7,9H,1-5,8H2/t6-/m1/s1. The fourth-order valence-electron chi connectivity index (χ4n) is 0.853. The van der Waals surface area contributed by atoms with E-state index in [0.29, 0.717) is 19.3 Å². The summed E-state index contributed by atoms with van der Waals surface area (Å²) in [5.41, 5.74) is 5.19. The van der Waals surface area contributed by atoms with Crippen molar-refractivity contribution < 1.29 is 9.84 Å². The molecule has 1 aliphatic carbocycles. The summed E-state index contributed by atoms with van der Waals surface area (Å²) in [7, 11) is 0. The largest absolute Gasteiger partial charge is 0.389 e. The predicted molar refractivity (Wildman–Crippen MR) is 38.7 cm³/mol. The van der Waals surface area contributed by atoms with Gasteiger partial charge in [0.15, 0.2) is 0 Å². The van der Waals surface area contributed by atoms with Gasteiger partial charge in [-0.3, -0.25) is 0 Å². The second-order valence-corrected chi connectivity index (χ2v) is 2.78. The Morgan fingerprint density at radius 1 is 1.60 bits per heavy atom. The molecule has 0 aromatic rings. The minimum atomic E-state index is -0.472. The van der Waals surface area contributed by atoms with E-state index in [1.165, 1.54) is 6.42 Å². The van der Waals surface area contributed by atoms with Gasteiger partial charge in [0.1, 0.15) is 0 Å². The van der Waals surface area contributed by atoms with Crippen LogP contribution in [0.3, 0.4) is 0 Å². The molecule has 0 aromatic carbocycles. The molecule has 1 atom stereocenters. The van der Waals surface area contributed by atoms with Crippen molar-refractivity contribution in [3.05, 3.63) is 0 Å². The summed E-state index contributed by atoms with van der Waals surface area (Å²) in [5, 5.41) is 8.98. The number of ether oxygens (including phenoxy) is 1. The molecule has 0 bridgehead atoms. The highest BCUT2D eigenvalue weighted by atomic mass is 16.5. The van der Waals surface area contributed by atoms with Crippen molar-refractivity contribution in [1.29, 1.82) is 0 Å². The van der Waals surface area contributed by atoms with Crippen molar-refractivity contribution in [2.75, 3.05) is 13.2 Å². The summed E-state index contributed by atoms with van der Waals surface area (Å²) in [4.78, 5) is 0. The molecule has 0 aromatic heterocycles. The van der Waals surface area contributed by atoms with Gasteiger partial charge in [0.25, 0.3) is 0 Å². The number of nitrogens with two attached hydrogens (primary N) is 1. The number of aliphatic hydroxyl groups is 1. The minimum Gasteiger partial charge on any atom is -0.389 e. The van der Waals surface area contributed by atoms with Crippen molar-refractivity contribution in [1.82, 2.24) is 0 Å². The maximum Gasteiger partial charge on any atom is 0.0895 e. The summed E-state index contributed by atoms with van der Waals surface area (Å²) < 4.78 is 5.30. The van der Waals surface area contributed by atoms with E-state index in [1.54, 1.807) is 0 Å². The number of rotatable bonds is 4. The first kappa shape index (κ1) is 7.98. The molecule has 0 unspecified atom stereocenters. The van der Waals surface area contributed by atoms with Gasteiger partial charge in [-0.15, -0.1) is 0 Å². The van der Waals surface area contributed by atoms with Crippen LogP contribution in [0.5, 0.6) is 0 Å². The highest BCUT2D eigenvalue weighted by Crippen LogP contribution is 2.21. The fourth-order valence-corrected chi connectivity index (χ4v) is 0.853. The van der Waals surface area contributed by atoms with E-state index >= 15 is 0 Å². The molecule has 0 aliphatic heterocycles. The summed E-state index contributed by atoms with van der Waals surface area (Å²) in [6.07, 6.45) is 3.50. The molecule has 10 heavy (non-hydrogen) atoms. The van der Waals surface area contributed by atoms with Crippen LogP contribution in [0.2, 0.25) is 0 Å². The lowest BCUT2D eigenvalue weighted by Crippen LogP contribution is -2.30. The Balaban J connectivity index is 1.93. The van der Waals surface area contributed by atoms with E-state index in [-0.39, 0.29) is 0 Å². The van der Waals surface area contributed by atoms with Gasteiger partial charge in [0.2, 0.25) is 0 Å². The molecule has 0 heterocycles. The van der Waals surface area contributed by atoms with Crippen LogP contribution in [-0.4, -0.2) is 30.5 Å². The zero-order valence-electron chi connectivity index (χ0n) is 6.12. The first-order chi connectivity index (χ1) is 4.83. The third kappa shape index (κ3) is 2.25. The number of hydrogen-bond acceptors (Lipinski definition) is 3. The average Bonchev–Trinajstić information content (AvgIpc) is 1.84. The Morgan fingerprint density at radius 2 is 2.30 bits per heavy atom. The third-order valence-electron chi connectivity index (χ3n) is 1.85. The van der Waals surface area contributed by atoms with Crippen LogP contribution < -0.4 is 5.73 Å². The Morgan fingerprint density at radius 3 is 2.70 bits per heavy atom. The summed E-state index contributed by atoms with van der Waals surface area (Å²) in [5.74, 6) is 0. The first-order valence-corrected chi connectivity index (χ1v) is 3.82. The highest BCUT2D eigenvalue weighted by molar-refractivity contribution is 4.69. The Kier molecular flexibility index (Phi) is 3.12. The van der Waals surface area contributed by atoms with E-state index < -0.39 is 6.10 Å². The van der Waals surface area contributed by atoms with Gasteiger partial charge in [-0.05, 0) is 19.3 Å². The molecule has 1 saturated carbocycles. The number of hydrogen-bond donors (Lipinski definition) is 2. The highest BCUT2D eigenvalue weighted by Gasteiger charge is 2.18. The molecule has 0 amide bonds. The fraction of sp³-hybridized carbons (Fsp3) is 1.00. The van der Waals surface area contributed by atoms with E-state index in [9.17, 15) is 0 Å². The van der Waals surface area contributed by atoms with E-state index in [2.05, 4.69) is 0 Å². The molecule has 3 nitrogen and oxygen atoms in total. The lowest BCUT2D eigenvalue weighted by molar-refractivity contribution is -0.0391. The maximum absolute atomic E-state index is 8.98. The molecule has 3 heteroatoms. The summed E-state index contributed by atoms with van der Waals surface area (Å²) in [6, 6.07) is 0. The second-order valence-electron chi connectivity index (χ2n) is 2.78. The zero-order chi connectivity index (χ0) is 7.40. The van der Waals surface area contributed by atoms with Crippen LogP contribution in [-0.2, 0) is 4.74 Å². The van der Waals surface area contributed by atoms with Gasteiger partial charge < -0.3 is 15.6 Å². The van der Waals surface area contributed by atoms with E-state index in [4.69, 9.17) is 15.6 Å².